The van der Waals surface area contributed by atoms with Crippen LogP contribution in [0.5, 0.6) is 0 Å². The summed E-state index contributed by atoms with van der Waals surface area (Å²) in [4.78, 5) is 15.0. The third-order valence-electron chi connectivity index (χ3n) is 3.99. The van der Waals surface area contributed by atoms with Gasteiger partial charge in [-0.2, -0.15) is 0 Å². The maximum Gasteiger partial charge on any atom is 0.338 e. The number of hydrogen-bond acceptors (Lipinski definition) is 7. The molecule has 0 aliphatic carbocycles. The molecular weight excluding hydrogens is 330 g/mol. The van der Waals surface area contributed by atoms with Crippen LogP contribution in [0.25, 0.3) is 10.4 Å². The van der Waals surface area contributed by atoms with Gasteiger partial charge in [-0.25, -0.2) is 4.79 Å². The molecule has 0 aromatic heterocycles. The zero-order chi connectivity index (χ0) is 18.0. The Kier molecular flexibility index (Phi) is 4.94. The van der Waals surface area contributed by atoms with Gasteiger partial charge in [0.25, 0.3) is 0 Å². The summed E-state index contributed by atoms with van der Waals surface area (Å²) in [5.41, 5.74) is 8.79. The van der Waals surface area contributed by atoms with E-state index in [0.717, 1.165) is 0 Å². The van der Waals surface area contributed by atoms with Crippen LogP contribution in [-0.2, 0) is 18.9 Å². The Balaban J connectivity index is 1.79. The Bertz CT molecular complexity index is 676. The average molecular weight is 349 g/mol. The molecule has 9 nitrogen and oxygen atoms in total. The first-order valence-corrected chi connectivity index (χ1v) is 7.87. The molecule has 2 heterocycles. The van der Waals surface area contributed by atoms with E-state index in [1.54, 1.807) is 44.2 Å². The number of rotatable bonds is 5. The highest BCUT2D eigenvalue weighted by molar-refractivity contribution is 5.89. The molecular formula is C16H19N3O6. The van der Waals surface area contributed by atoms with Crippen molar-refractivity contribution in [3.63, 3.8) is 0 Å². The molecule has 0 unspecified atom stereocenters. The first-order chi connectivity index (χ1) is 11.9. The van der Waals surface area contributed by atoms with Gasteiger partial charge in [0.2, 0.25) is 0 Å². The summed E-state index contributed by atoms with van der Waals surface area (Å²) in [6, 6.07) is 8.47. The van der Waals surface area contributed by atoms with E-state index in [2.05, 4.69) is 10.0 Å². The molecule has 2 fully saturated rings. The molecule has 0 amide bonds. The fourth-order valence-corrected chi connectivity index (χ4v) is 2.94. The lowest BCUT2D eigenvalue weighted by molar-refractivity contribution is -0.225. The molecule has 134 valence electrons. The number of nitrogens with zero attached hydrogens (tertiary/aromatic N) is 3. The third-order valence-corrected chi connectivity index (χ3v) is 3.99. The van der Waals surface area contributed by atoms with Gasteiger partial charge in [0.1, 0.15) is 6.10 Å². The summed E-state index contributed by atoms with van der Waals surface area (Å²) >= 11 is 0. The molecule has 2 saturated heterocycles. The topological polar surface area (TPSA) is 123 Å². The molecule has 2 aliphatic rings. The fourth-order valence-electron chi connectivity index (χ4n) is 2.94. The average Bonchev–Trinajstić information content (AvgIpc) is 3.06. The molecule has 25 heavy (non-hydrogen) atoms. The number of ether oxygens (including phenoxy) is 4. The van der Waals surface area contributed by atoms with Crippen molar-refractivity contribution >= 4 is 5.97 Å². The number of hydrogen-bond donors (Lipinski definition) is 1. The van der Waals surface area contributed by atoms with Crippen LogP contribution in [0.1, 0.15) is 24.2 Å². The summed E-state index contributed by atoms with van der Waals surface area (Å²) in [5, 5.41) is 13.6. The second kappa shape index (κ2) is 6.99. The Hall–Kier alpha value is -2.16. The standard InChI is InChI=1S/C16H19N3O6/c1-16(2)24-13-12(22-14(21)9-6-4-3-5-7-9)11(23-15(13)25-16)10(20)8-18-19-17/h3-7,10-13,15,20H,8H2,1-2H3/t10-,11-,12+,13-,15-/m1/s1. The van der Waals surface area contributed by atoms with Crippen molar-refractivity contribution in [1.82, 2.24) is 0 Å². The minimum atomic E-state index is -1.16. The molecule has 9 heteroatoms. The molecule has 1 N–H and O–H groups in total. The number of aliphatic hydroxyl groups excluding tert-OH is 1. The van der Waals surface area contributed by atoms with Gasteiger partial charge < -0.3 is 24.1 Å². The first-order valence-electron chi connectivity index (χ1n) is 7.87. The van der Waals surface area contributed by atoms with Crippen LogP contribution in [0.15, 0.2) is 35.4 Å². The third kappa shape index (κ3) is 3.76. The van der Waals surface area contributed by atoms with E-state index in [9.17, 15) is 9.90 Å². The number of esters is 1. The molecule has 1 aromatic rings. The summed E-state index contributed by atoms with van der Waals surface area (Å²) in [5.74, 6) is -1.46. The summed E-state index contributed by atoms with van der Waals surface area (Å²) in [6.45, 7) is 3.22. The smallest absolute Gasteiger partial charge is 0.338 e. The van der Waals surface area contributed by atoms with Crippen molar-refractivity contribution in [3.8, 4) is 0 Å². The maximum atomic E-state index is 12.4. The van der Waals surface area contributed by atoms with Crippen molar-refractivity contribution in [3.05, 3.63) is 46.3 Å². The predicted octanol–water partition coefficient (Wildman–Crippen LogP) is 1.76. The number of carbonyl (C=O) groups is 1. The van der Waals surface area contributed by atoms with Crippen LogP contribution in [0.3, 0.4) is 0 Å². The van der Waals surface area contributed by atoms with Crippen molar-refractivity contribution in [1.29, 1.82) is 0 Å². The van der Waals surface area contributed by atoms with E-state index in [-0.39, 0.29) is 6.54 Å². The Morgan fingerprint density at radius 3 is 2.80 bits per heavy atom. The highest BCUT2D eigenvalue weighted by Gasteiger charge is 2.58. The minimum absolute atomic E-state index is 0.219. The Morgan fingerprint density at radius 2 is 2.12 bits per heavy atom. The molecule has 5 atom stereocenters. The van der Waals surface area contributed by atoms with Crippen molar-refractivity contribution in [2.24, 2.45) is 5.11 Å². The SMILES string of the molecule is CC1(C)O[C@H]2O[C@H]([C@H](O)CN=[N+]=[N-])[C@H](OC(=O)c3ccccc3)[C@H]2O1. The van der Waals surface area contributed by atoms with Crippen molar-refractivity contribution in [2.45, 2.75) is 50.3 Å². The van der Waals surface area contributed by atoms with E-state index < -0.39 is 42.5 Å². The van der Waals surface area contributed by atoms with Crippen LogP contribution in [0.2, 0.25) is 0 Å². The lowest BCUT2D eigenvalue weighted by Crippen LogP contribution is -2.44. The van der Waals surface area contributed by atoms with Gasteiger partial charge in [0.15, 0.2) is 24.3 Å². The zero-order valence-electron chi connectivity index (χ0n) is 13.8. The van der Waals surface area contributed by atoms with E-state index in [0.29, 0.717) is 5.56 Å². The number of fused-ring (bicyclic) bond motifs is 1. The van der Waals surface area contributed by atoms with Gasteiger partial charge in [-0.1, -0.05) is 23.3 Å². The fraction of sp³-hybridized carbons (Fsp3) is 0.562. The second-order valence-electron chi connectivity index (χ2n) is 6.29. The summed E-state index contributed by atoms with van der Waals surface area (Å²) in [7, 11) is 0. The Morgan fingerprint density at radius 1 is 1.40 bits per heavy atom. The van der Waals surface area contributed by atoms with Gasteiger partial charge >= 0.3 is 5.97 Å². The number of carbonyl (C=O) groups excluding carboxylic acids is 1. The highest BCUT2D eigenvalue weighted by atomic mass is 16.8. The van der Waals surface area contributed by atoms with Crippen LogP contribution < -0.4 is 0 Å². The van der Waals surface area contributed by atoms with Gasteiger partial charge in [0.05, 0.1) is 18.2 Å². The van der Waals surface area contributed by atoms with Gasteiger partial charge in [0, 0.05) is 4.91 Å². The van der Waals surface area contributed by atoms with E-state index >= 15 is 0 Å². The predicted molar refractivity (Wildman–Crippen MR) is 84.4 cm³/mol. The molecule has 0 saturated carbocycles. The molecule has 1 aromatic carbocycles. The quantitative estimate of drug-likeness (QED) is 0.374. The molecule has 0 bridgehead atoms. The molecule has 2 aliphatic heterocycles. The number of benzene rings is 1. The van der Waals surface area contributed by atoms with Crippen molar-refractivity contribution < 1.29 is 28.8 Å². The van der Waals surface area contributed by atoms with Gasteiger partial charge in [-0.05, 0) is 31.5 Å². The monoisotopic (exact) mass is 349 g/mol. The van der Waals surface area contributed by atoms with E-state index in [1.165, 1.54) is 0 Å². The molecule has 0 radical (unpaired) electrons. The zero-order valence-corrected chi connectivity index (χ0v) is 13.8. The van der Waals surface area contributed by atoms with E-state index in [1.807, 2.05) is 0 Å². The second-order valence-corrected chi connectivity index (χ2v) is 6.29. The van der Waals surface area contributed by atoms with Crippen LogP contribution in [0.4, 0.5) is 0 Å². The summed E-state index contributed by atoms with van der Waals surface area (Å²) in [6.07, 6.45) is -4.46. The van der Waals surface area contributed by atoms with Gasteiger partial charge in [-0.15, -0.1) is 0 Å². The number of aliphatic hydroxyl groups is 1. The molecule has 0 spiro atoms. The first kappa shape index (κ1) is 17.7. The lowest BCUT2D eigenvalue weighted by atomic mass is 10.1. The van der Waals surface area contributed by atoms with Gasteiger partial charge in [-0.3, -0.25) is 0 Å². The highest BCUT2D eigenvalue weighted by Crippen LogP contribution is 2.40. The molecule has 3 rings (SSSR count). The van der Waals surface area contributed by atoms with E-state index in [4.69, 9.17) is 24.5 Å². The van der Waals surface area contributed by atoms with Crippen LogP contribution >= 0.6 is 0 Å². The summed E-state index contributed by atoms with van der Waals surface area (Å²) < 4.78 is 22.6. The number of azide groups is 1. The minimum Gasteiger partial charge on any atom is -0.453 e. The van der Waals surface area contributed by atoms with Crippen LogP contribution in [0, 0.1) is 0 Å². The normalized spacial score (nSPS) is 31.0. The largest absolute Gasteiger partial charge is 0.453 e. The van der Waals surface area contributed by atoms with Crippen LogP contribution in [-0.4, -0.2) is 54.1 Å². The maximum absolute atomic E-state index is 12.4. The van der Waals surface area contributed by atoms with Crippen molar-refractivity contribution in [2.75, 3.05) is 6.54 Å². The lowest BCUT2D eigenvalue weighted by Gasteiger charge is -2.27. The Labute approximate surface area is 144 Å².